The molecular formula is C26H20ClNO2. The van der Waals surface area contributed by atoms with E-state index in [-0.39, 0.29) is 23.7 Å². The van der Waals surface area contributed by atoms with Gasteiger partial charge >= 0.3 is 0 Å². The molecule has 1 aliphatic carbocycles. The van der Waals surface area contributed by atoms with E-state index < -0.39 is 11.8 Å². The lowest BCUT2D eigenvalue weighted by atomic mass is 9.68. The van der Waals surface area contributed by atoms with Crippen LogP contribution in [-0.2, 0) is 9.59 Å². The van der Waals surface area contributed by atoms with Gasteiger partial charge in [0.15, 0.2) is 0 Å². The fraction of sp³-hybridized carbons (Fsp3) is 0.154. The van der Waals surface area contributed by atoms with Crippen molar-refractivity contribution < 1.29 is 9.59 Å². The largest absolute Gasteiger partial charge is 0.274 e. The molecule has 1 heterocycles. The summed E-state index contributed by atoms with van der Waals surface area (Å²) in [6, 6.07) is 26.8. The summed E-state index contributed by atoms with van der Waals surface area (Å²) in [7, 11) is 0. The number of fused-ring (bicyclic) bond motifs is 1. The Hall–Kier alpha value is -3.17. The Morgan fingerprint density at radius 2 is 1.03 bits per heavy atom. The third-order valence-electron chi connectivity index (χ3n) is 6.15. The number of halogens is 1. The fourth-order valence-electron chi connectivity index (χ4n) is 4.78. The lowest BCUT2D eigenvalue weighted by molar-refractivity contribution is -0.122. The third kappa shape index (κ3) is 3.06. The number of allylic oxidation sites excluding steroid dienone is 2. The van der Waals surface area contributed by atoms with E-state index in [1.807, 2.05) is 60.7 Å². The van der Waals surface area contributed by atoms with Crippen LogP contribution in [0.4, 0.5) is 5.69 Å². The van der Waals surface area contributed by atoms with Crippen molar-refractivity contribution in [3.8, 4) is 0 Å². The van der Waals surface area contributed by atoms with Crippen molar-refractivity contribution in [3.05, 3.63) is 113 Å². The van der Waals surface area contributed by atoms with Crippen molar-refractivity contribution in [1.29, 1.82) is 0 Å². The van der Waals surface area contributed by atoms with Crippen LogP contribution in [0.2, 0.25) is 5.02 Å². The van der Waals surface area contributed by atoms with Crippen molar-refractivity contribution in [1.82, 2.24) is 0 Å². The Bertz CT molecular complexity index is 1040. The molecule has 5 rings (SSSR count). The normalized spacial score (nSPS) is 25.4. The molecule has 0 radical (unpaired) electrons. The molecule has 2 aliphatic rings. The van der Waals surface area contributed by atoms with Crippen molar-refractivity contribution in [2.45, 2.75) is 11.8 Å². The monoisotopic (exact) mass is 413 g/mol. The number of imide groups is 1. The lowest BCUT2D eigenvalue weighted by Gasteiger charge is -2.32. The Morgan fingerprint density at radius 1 is 0.600 bits per heavy atom. The zero-order valence-corrected chi connectivity index (χ0v) is 16.9. The average molecular weight is 414 g/mol. The molecule has 3 aromatic carbocycles. The molecule has 148 valence electrons. The van der Waals surface area contributed by atoms with Gasteiger partial charge in [0, 0.05) is 16.9 Å². The molecule has 0 spiro atoms. The smallest absolute Gasteiger partial charge is 0.238 e. The van der Waals surface area contributed by atoms with Crippen LogP contribution in [-0.4, -0.2) is 11.8 Å². The van der Waals surface area contributed by atoms with Crippen molar-refractivity contribution in [3.63, 3.8) is 0 Å². The zero-order chi connectivity index (χ0) is 20.7. The van der Waals surface area contributed by atoms with Gasteiger partial charge in [0.2, 0.25) is 11.8 Å². The summed E-state index contributed by atoms with van der Waals surface area (Å²) in [5, 5.41) is 0.571. The van der Waals surface area contributed by atoms with Gasteiger partial charge in [0.1, 0.15) is 0 Å². The van der Waals surface area contributed by atoms with Gasteiger partial charge in [0.25, 0.3) is 0 Å². The van der Waals surface area contributed by atoms with E-state index >= 15 is 0 Å². The number of amides is 2. The standard InChI is InChI=1S/C26H20ClNO2/c27-19-11-13-20(14-12-19)28-25(29)23-21(17-7-3-1-4-8-17)15-16-22(24(23)26(28)30)18-9-5-2-6-10-18/h1-16,21-24H/t21-,22+,23-,24+. The molecule has 0 bridgehead atoms. The lowest BCUT2D eigenvalue weighted by Crippen LogP contribution is -2.31. The number of benzene rings is 3. The van der Waals surface area contributed by atoms with Crippen molar-refractivity contribution >= 4 is 29.1 Å². The molecule has 3 nitrogen and oxygen atoms in total. The highest BCUT2D eigenvalue weighted by Crippen LogP contribution is 2.50. The number of hydrogen-bond donors (Lipinski definition) is 0. The maximum Gasteiger partial charge on any atom is 0.238 e. The molecule has 0 unspecified atom stereocenters. The van der Waals surface area contributed by atoms with Gasteiger partial charge in [0.05, 0.1) is 17.5 Å². The minimum atomic E-state index is -0.439. The summed E-state index contributed by atoms with van der Waals surface area (Å²) >= 11 is 6.02. The molecular weight excluding hydrogens is 394 g/mol. The predicted octanol–water partition coefficient (Wildman–Crippen LogP) is 5.58. The van der Waals surface area contributed by atoms with Gasteiger partial charge < -0.3 is 0 Å². The van der Waals surface area contributed by atoms with E-state index in [9.17, 15) is 9.59 Å². The van der Waals surface area contributed by atoms with Crippen LogP contribution in [0.3, 0.4) is 0 Å². The van der Waals surface area contributed by atoms with Gasteiger partial charge in [-0.2, -0.15) is 0 Å². The topological polar surface area (TPSA) is 37.4 Å². The third-order valence-corrected chi connectivity index (χ3v) is 6.40. The van der Waals surface area contributed by atoms with Gasteiger partial charge in [-0.3, -0.25) is 9.59 Å². The second kappa shape index (κ2) is 7.58. The quantitative estimate of drug-likeness (QED) is 0.415. The van der Waals surface area contributed by atoms with Crippen LogP contribution >= 0.6 is 11.6 Å². The van der Waals surface area contributed by atoms with Gasteiger partial charge in [-0.1, -0.05) is 84.4 Å². The van der Waals surface area contributed by atoms with Crippen LogP contribution in [0, 0.1) is 11.8 Å². The highest BCUT2D eigenvalue weighted by Gasteiger charge is 2.55. The molecule has 0 saturated carbocycles. The fourth-order valence-corrected chi connectivity index (χ4v) is 4.90. The number of anilines is 1. The summed E-state index contributed by atoms with van der Waals surface area (Å²) < 4.78 is 0. The molecule has 3 aromatic rings. The number of nitrogens with zero attached hydrogens (tertiary/aromatic N) is 1. The minimum Gasteiger partial charge on any atom is -0.274 e. The van der Waals surface area contributed by atoms with Gasteiger partial charge in [-0.05, 0) is 35.4 Å². The summed E-state index contributed by atoms with van der Waals surface area (Å²) in [5.74, 6) is -1.44. The Labute approximate surface area is 180 Å². The second-order valence-corrected chi connectivity index (χ2v) is 8.23. The first-order chi connectivity index (χ1) is 14.6. The number of carbonyl (C=O) groups excluding carboxylic acids is 2. The van der Waals surface area contributed by atoms with Gasteiger partial charge in [-0.15, -0.1) is 0 Å². The summed E-state index contributed by atoms with van der Waals surface area (Å²) in [5.41, 5.74) is 2.67. The SMILES string of the molecule is O=C1[C@@H]2[C@H](C(=O)N1c1ccc(Cl)cc1)[C@@H](c1ccccc1)C=C[C@H]2c1ccccc1. The highest BCUT2D eigenvalue weighted by atomic mass is 35.5. The Kier molecular flexibility index (Phi) is 4.76. The van der Waals surface area contributed by atoms with Crippen molar-refractivity contribution in [2.24, 2.45) is 11.8 Å². The van der Waals surface area contributed by atoms with E-state index in [0.29, 0.717) is 10.7 Å². The molecule has 2 amide bonds. The number of hydrogen-bond acceptors (Lipinski definition) is 2. The number of rotatable bonds is 3. The van der Waals surface area contributed by atoms with E-state index in [1.165, 1.54) is 4.90 Å². The molecule has 1 aliphatic heterocycles. The predicted molar refractivity (Wildman–Crippen MR) is 118 cm³/mol. The highest BCUT2D eigenvalue weighted by molar-refractivity contribution is 6.30. The molecule has 1 saturated heterocycles. The van der Waals surface area contributed by atoms with E-state index in [4.69, 9.17) is 11.6 Å². The Balaban J connectivity index is 1.63. The first-order valence-corrected chi connectivity index (χ1v) is 10.4. The van der Waals surface area contributed by atoms with Gasteiger partial charge in [-0.25, -0.2) is 4.90 Å². The molecule has 4 atom stereocenters. The summed E-state index contributed by atoms with van der Waals surface area (Å²) in [6.45, 7) is 0. The molecule has 0 N–H and O–H groups in total. The number of carbonyl (C=O) groups is 2. The molecule has 30 heavy (non-hydrogen) atoms. The van der Waals surface area contributed by atoms with E-state index in [0.717, 1.165) is 11.1 Å². The van der Waals surface area contributed by atoms with Crippen LogP contribution in [0.25, 0.3) is 0 Å². The van der Waals surface area contributed by atoms with Crippen LogP contribution in [0.5, 0.6) is 0 Å². The van der Waals surface area contributed by atoms with Crippen LogP contribution < -0.4 is 4.90 Å². The summed E-state index contributed by atoms with van der Waals surface area (Å²) in [6.07, 6.45) is 4.20. The first kappa shape index (κ1) is 18.8. The van der Waals surface area contributed by atoms with Crippen molar-refractivity contribution in [2.75, 3.05) is 4.90 Å². The summed E-state index contributed by atoms with van der Waals surface area (Å²) in [4.78, 5) is 28.6. The first-order valence-electron chi connectivity index (χ1n) is 10.1. The van der Waals surface area contributed by atoms with Crippen LogP contribution in [0.15, 0.2) is 97.1 Å². The maximum absolute atomic E-state index is 13.6. The van der Waals surface area contributed by atoms with Crippen LogP contribution in [0.1, 0.15) is 23.0 Å². The molecule has 1 fully saturated rings. The molecule has 0 aromatic heterocycles. The second-order valence-electron chi connectivity index (χ2n) is 7.80. The van der Waals surface area contributed by atoms with E-state index in [1.54, 1.807) is 24.3 Å². The average Bonchev–Trinajstić information content (AvgIpc) is 3.06. The van der Waals surface area contributed by atoms with E-state index in [2.05, 4.69) is 12.2 Å². The Morgan fingerprint density at radius 3 is 1.47 bits per heavy atom. The molecule has 4 heteroatoms. The minimum absolute atomic E-state index is 0.134. The zero-order valence-electron chi connectivity index (χ0n) is 16.2. The maximum atomic E-state index is 13.6.